The monoisotopic (exact) mass is 414 g/mol. The second-order valence-electron chi connectivity index (χ2n) is 6.62. The molecule has 2 heterocycles. The third-order valence-corrected chi connectivity index (χ3v) is 5.39. The summed E-state index contributed by atoms with van der Waals surface area (Å²) in [6, 6.07) is 7.96. The maximum Gasteiger partial charge on any atom is 0.329 e. The fourth-order valence-corrected chi connectivity index (χ4v) is 3.76. The van der Waals surface area contributed by atoms with E-state index >= 15 is 0 Å². The van der Waals surface area contributed by atoms with Crippen LogP contribution in [0.25, 0.3) is 11.4 Å². The smallest absolute Gasteiger partial charge is 0.329 e. The van der Waals surface area contributed by atoms with Crippen LogP contribution in [0.1, 0.15) is 29.3 Å². The second kappa shape index (κ2) is 8.48. The number of carbonyl (C=O) groups excluding carboxylic acids is 1. The minimum atomic E-state index is -0.785. The normalized spacial score (nSPS) is 11.0. The molecule has 29 heavy (non-hydrogen) atoms. The van der Waals surface area contributed by atoms with Gasteiger partial charge in [-0.3, -0.25) is 19.1 Å². The van der Waals surface area contributed by atoms with Crippen LogP contribution in [0, 0.1) is 6.92 Å². The highest BCUT2D eigenvalue weighted by Gasteiger charge is 2.20. The number of nitrogens with two attached hydrogens (primary N) is 1. The number of aryl methyl sites for hydroxylation is 1. The summed E-state index contributed by atoms with van der Waals surface area (Å²) in [6.45, 7) is 4.74. The number of ketones is 1. The van der Waals surface area contributed by atoms with Gasteiger partial charge in [0, 0.05) is 19.2 Å². The topological polar surface area (TPSA) is 129 Å². The number of nitrogens with one attached hydrogen (secondary N) is 1. The van der Waals surface area contributed by atoms with Gasteiger partial charge < -0.3 is 10.3 Å². The number of benzene rings is 1. The van der Waals surface area contributed by atoms with Gasteiger partial charge in [-0.2, -0.15) is 0 Å². The van der Waals surface area contributed by atoms with Crippen molar-refractivity contribution < 1.29 is 4.79 Å². The number of hydrogen-bond acceptors (Lipinski definition) is 7. The summed E-state index contributed by atoms with van der Waals surface area (Å²) in [5, 5.41) is 9.11. The molecule has 0 saturated carbocycles. The average molecular weight is 414 g/mol. The molecule has 0 saturated heterocycles. The minimum Gasteiger partial charge on any atom is -0.384 e. The molecule has 0 aliphatic rings. The third kappa shape index (κ3) is 4.16. The Morgan fingerprint density at radius 3 is 2.72 bits per heavy atom. The van der Waals surface area contributed by atoms with Crippen molar-refractivity contribution in [1.82, 2.24) is 24.3 Å². The molecule has 1 aromatic carbocycles. The van der Waals surface area contributed by atoms with E-state index in [2.05, 4.69) is 15.2 Å². The first-order valence-corrected chi connectivity index (χ1v) is 10.1. The molecule has 0 radical (unpaired) electrons. The van der Waals surface area contributed by atoms with E-state index in [4.69, 9.17) is 5.73 Å². The molecule has 0 spiro atoms. The number of anilines is 1. The molecular formula is C19H22N6O3S. The zero-order valence-corrected chi connectivity index (χ0v) is 17.2. The van der Waals surface area contributed by atoms with Gasteiger partial charge in [-0.1, -0.05) is 42.4 Å². The molecule has 152 valence electrons. The molecule has 0 unspecified atom stereocenters. The number of aromatic nitrogens is 5. The van der Waals surface area contributed by atoms with Crippen molar-refractivity contribution in [3.63, 3.8) is 0 Å². The van der Waals surface area contributed by atoms with Gasteiger partial charge in [0.05, 0.1) is 5.75 Å². The summed E-state index contributed by atoms with van der Waals surface area (Å²) < 4.78 is 3.00. The molecule has 3 N–H and O–H groups in total. The van der Waals surface area contributed by atoms with Crippen LogP contribution in [-0.4, -0.2) is 35.9 Å². The Kier molecular flexibility index (Phi) is 6.02. The first-order valence-electron chi connectivity index (χ1n) is 9.08. The van der Waals surface area contributed by atoms with Gasteiger partial charge in [0.2, 0.25) is 0 Å². The van der Waals surface area contributed by atoms with Crippen molar-refractivity contribution in [2.45, 2.75) is 32.0 Å². The summed E-state index contributed by atoms with van der Waals surface area (Å²) in [4.78, 5) is 38.3. The highest BCUT2D eigenvalue weighted by Crippen LogP contribution is 2.25. The van der Waals surface area contributed by atoms with E-state index in [0.717, 1.165) is 27.9 Å². The van der Waals surface area contributed by atoms with E-state index in [-0.39, 0.29) is 17.1 Å². The molecule has 2 aromatic heterocycles. The maximum absolute atomic E-state index is 12.6. The van der Waals surface area contributed by atoms with Gasteiger partial charge in [0.1, 0.15) is 11.4 Å². The Bertz CT molecular complexity index is 1180. The predicted molar refractivity (Wildman–Crippen MR) is 112 cm³/mol. The number of thioether (sulfide) groups is 1. The van der Waals surface area contributed by atoms with Crippen LogP contribution in [0.3, 0.4) is 0 Å². The molecule has 0 amide bonds. The molecule has 0 atom stereocenters. The van der Waals surface area contributed by atoms with Crippen LogP contribution < -0.4 is 17.0 Å². The van der Waals surface area contributed by atoms with E-state index in [1.165, 1.54) is 18.8 Å². The molecule has 10 heteroatoms. The van der Waals surface area contributed by atoms with Gasteiger partial charge in [-0.05, 0) is 19.4 Å². The SMILES string of the molecule is CCCn1c(SCC(=O)c2c(N)n(C)c(=O)[nH]c2=O)nnc1-c1cccc(C)c1. The lowest BCUT2D eigenvalue weighted by Crippen LogP contribution is -2.35. The predicted octanol–water partition coefficient (Wildman–Crippen LogP) is 1.61. The van der Waals surface area contributed by atoms with Crippen LogP contribution in [0.5, 0.6) is 0 Å². The Morgan fingerprint density at radius 2 is 2.03 bits per heavy atom. The number of carbonyl (C=O) groups is 1. The summed E-state index contributed by atoms with van der Waals surface area (Å²) in [6.07, 6.45) is 0.867. The van der Waals surface area contributed by atoms with Gasteiger partial charge in [-0.25, -0.2) is 4.79 Å². The van der Waals surface area contributed by atoms with Gasteiger partial charge in [0.15, 0.2) is 16.8 Å². The Balaban J connectivity index is 1.88. The number of H-pyrrole nitrogens is 1. The molecule has 3 aromatic rings. The maximum atomic E-state index is 12.6. The fourth-order valence-electron chi connectivity index (χ4n) is 2.93. The zero-order chi connectivity index (χ0) is 21.1. The summed E-state index contributed by atoms with van der Waals surface area (Å²) >= 11 is 1.18. The van der Waals surface area contributed by atoms with Crippen molar-refractivity contribution in [3.05, 3.63) is 56.2 Å². The van der Waals surface area contributed by atoms with Gasteiger partial charge in [0.25, 0.3) is 5.56 Å². The molecule has 0 fully saturated rings. The van der Waals surface area contributed by atoms with Gasteiger partial charge in [-0.15, -0.1) is 10.2 Å². The van der Waals surface area contributed by atoms with E-state index in [1.54, 1.807) is 0 Å². The van der Waals surface area contributed by atoms with Gasteiger partial charge >= 0.3 is 5.69 Å². The van der Waals surface area contributed by atoms with E-state index in [0.29, 0.717) is 11.7 Å². The number of aromatic amines is 1. The van der Waals surface area contributed by atoms with Crippen molar-refractivity contribution >= 4 is 23.4 Å². The number of rotatable bonds is 7. The Morgan fingerprint density at radius 1 is 1.28 bits per heavy atom. The van der Waals surface area contributed by atoms with Crippen molar-refractivity contribution in [2.24, 2.45) is 7.05 Å². The first-order chi connectivity index (χ1) is 13.8. The highest BCUT2D eigenvalue weighted by atomic mass is 32.2. The first kappa shape index (κ1) is 20.6. The summed E-state index contributed by atoms with van der Waals surface area (Å²) in [5.74, 6) is 0.0403. The molecule has 9 nitrogen and oxygen atoms in total. The highest BCUT2D eigenvalue weighted by molar-refractivity contribution is 7.99. The molecule has 3 rings (SSSR count). The molecular weight excluding hydrogens is 392 g/mol. The standard InChI is InChI=1S/C19H22N6O3S/c1-4-8-25-16(12-7-5-6-11(2)9-12)22-23-19(25)29-10-13(26)14-15(20)24(3)18(28)21-17(14)27/h5-7,9H,4,8,10,20H2,1-3H3,(H,21,27,28). The van der Waals surface area contributed by atoms with E-state index in [9.17, 15) is 14.4 Å². The fraction of sp³-hybridized carbons (Fsp3) is 0.316. The molecule has 0 aliphatic heterocycles. The zero-order valence-electron chi connectivity index (χ0n) is 16.4. The minimum absolute atomic E-state index is 0.0544. The van der Waals surface area contributed by atoms with E-state index in [1.807, 2.05) is 42.7 Å². The van der Waals surface area contributed by atoms with E-state index < -0.39 is 17.0 Å². The second-order valence-corrected chi connectivity index (χ2v) is 7.56. The number of nitrogen functional groups attached to an aromatic ring is 1. The van der Waals surface area contributed by atoms with Crippen LogP contribution in [0.4, 0.5) is 5.82 Å². The van der Waals surface area contributed by atoms with Crippen molar-refractivity contribution in [1.29, 1.82) is 0 Å². The number of Topliss-reactive ketones (excluding diaryl/α,β-unsaturated/α-hetero) is 1. The van der Waals surface area contributed by atoms with Crippen molar-refractivity contribution in [3.8, 4) is 11.4 Å². The largest absolute Gasteiger partial charge is 0.384 e. The number of hydrogen-bond donors (Lipinski definition) is 2. The number of nitrogens with zero attached hydrogens (tertiary/aromatic N) is 4. The van der Waals surface area contributed by atoms with Crippen LogP contribution in [-0.2, 0) is 13.6 Å². The molecule has 0 bridgehead atoms. The average Bonchev–Trinajstić information content (AvgIpc) is 3.07. The lowest BCUT2D eigenvalue weighted by atomic mass is 10.1. The molecule has 0 aliphatic carbocycles. The quantitative estimate of drug-likeness (QED) is 0.444. The Labute approximate surface area is 171 Å². The van der Waals surface area contributed by atoms with Crippen LogP contribution in [0.2, 0.25) is 0 Å². The third-order valence-electron chi connectivity index (χ3n) is 4.42. The van der Waals surface area contributed by atoms with Crippen LogP contribution in [0.15, 0.2) is 39.0 Å². The Hall–Kier alpha value is -3.14. The van der Waals surface area contributed by atoms with Crippen molar-refractivity contribution in [2.75, 3.05) is 11.5 Å². The summed E-state index contributed by atoms with van der Waals surface area (Å²) in [5.41, 5.74) is 6.19. The lowest BCUT2D eigenvalue weighted by Gasteiger charge is -2.10. The summed E-state index contributed by atoms with van der Waals surface area (Å²) in [7, 11) is 1.39. The van der Waals surface area contributed by atoms with Crippen LogP contribution >= 0.6 is 11.8 Å². The lowest BCUT2D eigenvalue weighted by molar-refractivity contribution is 0.102.